The van der Waals surface area contributed by atoms with Crippen molar-refractivity contribution in [2.45, 2.75) is 38.8 Å². The third-order valence-electron chi connectivity index (χ3n) is 1.83. The number of nitrogens with one attached hydrogen (secondary N) is 1. The number of aliphatic hydroxyl groups excluding tert-OH is 1. The van der Waals surface area contributed by atoms with E-state index in [1.807, 2.05) is 0 Å². The normalized spacial score (nSPS) is 15.1. The highest BCUT2D eigenvalue weighted by atomic mass is 16.5. The molecular formula is C9H19NO3. The maximum absolute atomic E-state index is 11.1. The largest absolute Gasteiger partial charge is 0.468 e. The van der Waals surface area contributed by atoms with Crippen molar-refractivity contribution in [3.8, 4) is 0 Å². The number of hydrogen-bond donors (Lipinski definition) is 2. The average Bonchev–Trinajstić information content (AvgIpc) is 2.11. The van der Waals surface area contributed by atoms with Gasteiger partial charge in [-0.25, -0.2) is 0 Å². The molecule has 4 heteroatoms. The molecule has 0 aliphatic carbocycles. The maximum Gasteiger partial charge on any atom is 0.325 e. The van der Waals surface area contributed by atoms with Crippen LogP contribution in [0.1, 0.15) is 26.7 Å². The Hall–Kier alpha value is -0.610. The van der Waals surface area contributed by atoms with Crippen LogP contribution in [0.2, 0.25) is 0 Å². The number of rotatable bonds is 6. The molecule has 2 atom stereocenters. The molecular weight excluding hydrogens is 170 g/mol. The van der Waals surface area contributed by atoms with Crippen molar-refractivity contribution in [2.24, 2.45) is 0 Å². The van der Waals surface area contributed by atoms with Gasteiger partial charge < -0.3 is 15.2 Å². The second kappa shape index (κ2) is 6.86. The van der Waals surface area contributed by atoms with Crippen LogP contribution in [0.15, 0.2) is 0 Å². The van der Waals surface area contributed by atoms with Gasteiger partial charge in [0, 0.05) is 0 Å². The SMILES string of the molecule is CCCCN[C@H](C(=O)OC)[C@@H](C)O. The topological polar surface area (TPSA) is 58.6 Å². The molecule has 0 saturated heterocycles. The smallest absolute Gasteiger partial charge is 0.325 e. The van der Waals surface area contributed by atoms with E-state index in [-0.39, 0.29) is 0 Å². The quantitative estimate of drug-likeness (QED) is 0.466. The molecule has 0 aliphatic rings. The van der Waals surface area contributed by atoms with Gasteiger partial charge in [0.1, 0.15) is 6.04 Å². The van der Waals surface area contributed by atoms with Crippen LogP contribution in [0.25, 0.3) is 0 Å². The molecule has 0 aliphatic heterocycles. The molecule has 2 N–H and O–H groups in total. The van der Waals surface area contributed by atoms with Gasteiger partial charge in [-0.15, -0.1) is 0 Å². The Balaban J connectivity index is 3.88. The van der Waals surface area contributed by atoms with Gasteiger partial charge in [-0.2, -0.15) is 0 Å². The Morgan fingerprint density at radius 1 is 1.62 bits per heavy atom. The Labute approximate surface area is 79.3 Å². The number of carbonyl (C=O) groups is 1. The van der Waals surface area contributed by atoms with Gasteiger partial charge in [0.2, 0.25) is 0 Å². The van der Waals surface area contributed by atoms with Crippen LogP contribution in [0.5, 0.6) is 0 Å². The summed E-state index contributed by atoms with van der Waals surface area (Å²) in [5.74, 6) is -0.411. The van der Waals surface area contributed by atoms with Crippen molar-refractivity contribution in [3.05, 3.63) is 0 Å². The second-order valence-electron chi connectivity index (χ2n) is 3.05. The fourth-order valence-electron chi connectivity index (χ4n) is 1.01. The first-order valence-electron chi connectivity index (χ1n) is 4.62. The molecule has 0 aromatic carbocycles. The molecule has 0 spiro atoms. The van der Waals surface area contributed by atoms with Crippen LogP contribution < -0.4 is 5.32 Å². The van der Waals surface area contributed by atoms with Gasteiger partial charge in [-0.3, -0.25) is 4.79 Å². The summed E-state index contributed by atoms with van der Waals surface area (Å²) in [6.07, 6.45) is 1.32. The van der Waals surface area contributed by atoms with Gasteiger partial charge >= 0.3 is 5.97 Å². The summed E-state index contributed by atoms with van der Waals surface area (Å²) in [7, 11) is 1.32. The fourth-order valence-corrected chi connectivity index (χ4v) is 1.01. The van der Waals surface area contributed by atoms with Crippen molar-refractivity contribution in [1.29, 1.82) is 0 Å². The van der Waals surface area contributed by atoms with Crippen molar-refractivity contribution < 1.29 is 14.6 Å². The number of methoxy groups -OCH3 is 1. The number of ether oxygens (including phenoxy) is 1. The molecule has 13 heavy (non-hydrogen) atoms. The van der Waals surface area contributed by atoms with E-state index in [2.05, 4.69) is 17.0 Å². The number of carbonyl (C=O) groups excluding carboxylic acids is 1. The number of unbranched alkanes of at least 4 members (excludes halogenated alkanes) is 1. The van der Waals surface area contributed by atoms with Crippen molar-refractivity contribution in [3.63, 3.8) is 0 Å². The zero-order valence-corrected chi connectivity index (χ0v) is 8.54. The molecule has 78 valence electrons. The zero-order valence-electron chi connectivity index (χ0n) is 8.54. The molecule has 0 saturated carbocycles. The van der Waals surface area contributed by atoms with Gasteiger partial charge in [0.05, 0.1) is 13.2 Å². The predicted molar refractivity (Wildman–Crippen MR) is 50.4 cm³/mol. The first-order valence-corrected chi connectivity index (χ1v) is 4.62. The van der Waals surface area contributed by atoms with E-state index >= 15 is 0 Å². The third kappa shape index (κ3) is 4.85. The van der Waals surface area contributed by atoms with Crippen LogP contribution in [-0.4, -0.2) is 36.9 Å². The van der Waals surface area contributed by atoms with E-state index < -0.39 is 18.1 Å². The molecule has 0 bridgehead atoms. The molecule has 0 radical (unpaired) electrons. The highest BCUT2D eigenvalue weighted by Crippen LogP contribution is 1.96. The predicted octanol–water partition coefficient (Wildman–Crippen LogP) is 0.299. The summed E-state index contributed by atoms with van der Waals surface area (Å²) in [5, 5.41) is 12.2. The average molecular weight is 189 g/mol. The minimum atomic E-state index is -0.718. The van der Waals surface area contributed by atoms with Crippen LogP contribution >= 0.6 is 0 Å². The Bertz CT molecular complexity index is 148. The zero-order chi connectivity index (χ0) is 10.3. The lowest BCUT2D eigenvalue weighted by Gasteiger charge is -2.18. The standard InChI is InChI=1S/C9H19NO3/c1-4-5-6-10-8(7(2)11)9(12)13-3/h7-8,10-11H,4-6H2,1-3H3/t7-,8+/m1/s1. The highest BCUT2D eigenvalue weighted by Gasteiger charge is 2.23. The summed E-state index contributed by atoms with van der Waals surface area (Å²) in [6.45, 7) is 4.36. The molecule has 0 amide bonds. The van der Waals surface area contributed by atoms with Crippen molar-refractivity contribution >= 4 is 5.97 Å². The van der Waals surface area contributed by atoms with E-state index in [1.165, 1.54) is 7.11 Å². The molecule has 4 nitrogen and oxygen atoms in total. The van der Waals surface area contributed by atoms with Crippen LogP contribution in [0.4, 0.5) is 0 Å². The summed E-state index contributed by atoms with van der Waals surface area (Å²) in [4.78, 5) is 11.1. The lowest BCUT2D eigenvalue weighted by Crippen LogP contribution is -2.45. The maximum atomic E-state index is 11.1. The molecule has 0 heterocycles. The molecule has 0 rings (SSSR count). The summed E-state index contributed by atoms with van der Waals surface area (Å²) in [5.41, 5.74) is 0. The molecule has 0 unspecified atom stereocenters. The summed E-state index contributed by atoms with van der Waals surface area (Å²) < 4.78 is 4.54. The van der Waals surface area contributed by atoms with Crippen molar-refractivity contribution in [1.82, 2.24) is 5.32 Å². The number of esters is 1. The van der Waals surface area contributed by atoms with E-state index in [1.54, 1.807) is 6.92 Å². The molecule has 0 aromatic rings. The number of hydrogen-bond acceptors (Lipinski definition) is 4. The first-order chi connectivity index (χ1) is 6.13. The Morgan fingerprint density at radius 3 is 2.62 bits per heavy atom. The van der Waals surface area contributed by atoms with Crippen LogP contribution in [-0.2, 0) is 9.53 Å². The van der Waals surface area contributed by atoms with Crippen LogP contribution in [0.3, 0.4) is 0 Å². The second-order valence-corrected chi connectivity index (χ2v) is 3.05. The van der Waals surface area contributed by atoms with Gasteiger partial charge in [-0.1, -0.05) is 13.3 Å². The van der Waals surface area contributed by atoms with E-state index in [0.717, 1.165) is 19.4 Å². The third-order valence-corrected chi connectivity index (χ3v) is 1.83. The summed E-state index contributed by atoms with van der Waals surface area (Å²) in [6, 6.07) is -0.600. The fraction of sp³-hybridized carbons (Fsp3) is 0.889. The lowest BCUT2D eigenvalue weighted by molar-refractivity contribution is -0.145. The minimum Gasteiger partial charge on any atom is -0.468 e. The van der Waals surface area contributed by atoms with Gasteiger partial charge in [0.15, 0.2) is 0 Å². The van der Waals surface area contributed by atoms with Gasteiger partial charge in [0.25, 0.3) is 0 Å². The molecule has 0 aromatic heterocycles. The summed E-state index contributed by atoms with van der Waals surface area (Å²) >= 11 is 0. The first kappa shape index (κ1) is 12.4. The van der Waals surface area contributed by atoms with E-state index in [0.29, 0.717) is 0 Å². The van der Waals surface area contributed by atoms with Gasteiger partial charge in [-0.05, 0) is 19.9 Å². The van der Waals surface area contributed by atoms with Crippen LogP contribution in [0, 0.1) is 0 Å². The molecule has 0 fully saturated rings. The van der Waals surface area contributed by atoms with E-state index in [4.69, 9.17) is 0 Å². The van der Waals surface area contributed by atoms with Crippen molar-refractivity contribution in [2.75, 3.05) is 13.7 Å². The Morgan fingerprint density at radius 2 is 2.23 bits per heavy atom. The number of aliphatic hydroxyl groups is 1. The lowest BCUT2D eigenvalue weighted by atomic mass is 10.2. The Kier molecular flexibility index (Phi) is 6.54. The minimum absolute atomic E-state index is 0.411. The monoisotopic (exact) mass is 189 g/mol. The van der Waals surface area contributed by atoms with E-state index in [9.17, 15) is 9.90 Å². The highest BCUT2D eigenvalue weighted by molar-refractivity contribution is 5.76.